The van der Waals surface area contributed by atoms with Crippen LogP contribution in [-0.2, 0) is 18.2 Å². The number of alkyl halides is 3. The van der Waals surface area contributed by atoms with Crippen molar-refractivity contribution in [2.24, 2.45) is 0 Å². The minimum Gasteiger partial charge on any atom is -0.385 e. The summed E-state index contributed by atoms with van der Waals surface area (Å²) < 4.78 is 51.0. The molecule has 118 valence electrons. The van der Waals surface area contributed by atoms with Gasteiger partial charge in [0.2, 0.25) is 0 Å². The Labute approximate surface area is 130 Å². The van der Waals surface area contributed by atoms with Gasteiger partial charge >= 0.3 is 6.18 Å². The van der Waals surface area contributed by atoms with Crippen LogP contribution in [0.1, 0.15) is 23.6 Å². The molecule has 0 saturated carbocycles. The SMILES string of the molecule is CC(O)(Cc1ccc(Cl)c(F)c1)c1ccc(C(F)(F)F)cc1. The molecule has 2 aromatic carbocycles. The Balaban J connectivity index is 2.24. The van der Waals surface area contributed by atoms with E-state index in [1.165, 1.54) is 31.2 Å². The second-order valence-electron chi connectivity index (χ2n) is 5.27. The highest BCUT2D eigenvalue weighted by Crippen LogP contribution is 2.32. The van der Waals surface area contributed by atoms with E-state index >= 15 is 0 Å². The lowest BCUT2D eigenvalue weighted by molar-refractivity contribution is -0.137. The molecule has 0 fully saturated rings. The van der Waals surface area contributed by atoms with Gasteiger partial charge in [-0.3, -0.25) is 0 Å². The minimum absolute atomic E-state index is 0.0297. The summed E-state index contributed by atoms with van der Waals surface area (Å²) in [4.78, 5) is 0. The Morgan fingerprint density at radius 2 is 1.55 bits per heavy atom. The van der Waals surface area contributed by atoms with E-state index in [0.29, 0.717) is 11.1 Å². The number of rotatable bonds is 3. The van der Waals surface area contributed by atoms with Crippen LogP contribution in [0.3, 0.4) is 0 Å². The predicted octanol–water partition coefficient (Wildman–Crippen LogP) is 4.95. The highest BCUT2D eigenvalue weighted by Gasteiger charge is 2.31. The molecule has 6 heteroatoms. The molecular formula is C16H13ClF4O. The minimum atomic E-state index is -4.43. The molecule has 0 spiro atoms. The zero-order valence-electron chi connectivity index (χ0n) is 11.6. The van der Waals surface area contributed by atoms with Gasteiger partial charge in [-0.2, -0.15) is 13.2 Å². The zero-order valence-corrected chi connectivity index (χ0v) is 12.3. The molecule has 1 nitrogen and oxygen atoms in total. The molecule has 0 saturated heterocycles. The van der Waals surface area contributed by atoms with Crippen LogP contribution in [0.25, 0.3) is 0 Å². The smallest absolute Gasteiger partial charge is 0.385 e. The van der Waals surface area contributed by atoms with Crippen LogP contribution >= 0.6 is 11.6 Å². The van der Waals surface area contributed by atoms with Crippen LogP contribution in [0.15, 0.2) is 42.5 Å². The van der Waals surface area contributed by atoms with E-state index in [1.807, 2.05) is 0 Å². The first-order valence-electron chi connectivity index (χ1n) is 6.44. The summed E-state index contributed by atoms with van der Waals surface area (Å²) in [6.07, 6.45) is -4.38. The van der Waals surface area contributed by atoms with Crippen LogP contribution < -0.4 is 0 Å². The van der Waals surface area contributed by atoms with Gasteiger partial charge in [0.1, 0.15) is 5.82 Å². The van der Waals surface area contributed by atoms with Crippen molar-refractivity contribution in [1.82, 2.24) is 0 Å². The maximum Gasteiger partial charge on any atom is 0.416 e. The Kier molecular flexibility index (Phi) is 4.49. The second-order valence-corrected chi connectivity index (χ2v) is 5.68. The molecule has 0 amide bonds. The summed E-state index contributed by atoms with van der Waals surface area (Å²) in [6.45, 7) is 1.46. The van der Waals surface area contributed by atoms with E-state index in [1.54, 1.807) is 6.07 Å². The monoisotopic (exact) mass is 332 g/mol. The first-order chi connectivity index (χ1) is 10.1. The molecule has 2 aromatic rings. The van der Waals surface area contributed by atoms with Gasteiger partial charge < -0.3 is 5.11 Å². The van der Waals surface area contributed by atoms with E-state index in [4.69, 9.17) is 11.6 Å². The van der Waals surface area contributed by atoms with E-state index in [0.717, 1.165) is 12.1 Å². The highest BCUT2D eigenvalue weighted by molar-refractivity contribution is 6.30. The van der Waals surface area contributed by atoms with Crippen molar-refractivity contribution in [2.45, 2.75) is 25.1 Å². The zero-order chi connectivity index (χ0) is 16.5. The average molecular weight is 333 g/mol. The molecule has 2 rings (SSSR count). The molecule has 0 aromatic heterocycles. The number of hydrogen-bond acceptors (Lipinski definition) is 1. The van der Waals surface area contributed by atoms with Crippen molar-refractivity contribution >= 4 is 11.6 Å². The van der Waals surface area contributed by atoms with Crippen molar-refractivity contribution in [1.29, 1.82) is 0 Å². The summed E-state index contributed by atoms with van der Waals surface area (Å²) in [5, 5.41) is 10.4. The summed E-state index contributed by atoms with van der Waals surface area (Å²) in [6, 6.07) is 8.38. The third kappa shape index (κ3) is 3.78. The van der Waals surface area contributed by atoms with Gasteiger partial charge in [-0.15, -0.1) is 0 Å². The summed E-state index contributed by atoms with van der Waals surface area (Å²) in [5.41, 5.74) is -1.41. The van der Waals surface area contributed by atoms with Gasteiger partial charge in [0.25, 0.3) is 0 Å². The van der Waals surface area contributed by atoms with E-state index in [-0.39, 0.29) is 11.4 Å². The fourth-order valence-electron chi connectivity index (χ4n) is 2.17. The van der Waals surface area contributed by atoms with Crippen molar-refractivity contribution in [3.05, 3.63) is 70.0 Å². The molecular weight excluding hydrogens is 320 g/mol. The molecule has 0 aliphatic heterocycles. The predicted molar refractivity (Wildman–Crippen MR) is 76.1 cm³/mol. The lowest BCUT2D eigenvalue weighted by Gasteiger charge is -2.24. The molecule has 0 aliphatic rings. The van der Waals surface area contributed by atoms with Crippen LogP contribution in [0.2, 0.25) is 5.02 Å². The van der Waals surface area contributed by atoms with Gasteiger partial charge in [-0.1, -0.05) is 29.8 Å². The Bertz CT molecular complexity index is 663. The van der Waals surface area contributed by atoms with Gasteiger partial charge in [-0.25, -0.2) is 4.39 Å². The molecule has 1 atom stereocenters. The molecule has 0 heterocycles. The first kappa shape index (κ1) is 16.8. The lowest BCUT2D eigenvalue weighted by Crippen LogP contribution is -2.24. The van der Waals surface area contributed by atoms with Crippen molar-refractivity contribution in [3.8, 4) is 0 Å². The molecule has 0 aliphatic carbocycles. The average Bonchev–Trinajstić information content (AvgIpc) is 2.42. The normalized spacial score (nSPS) is 14.7. The maximum atomic E-state index is 13.4. The van der Waals surface area contributed by atoms with Crippen LogP contribution in [0.5, 0.6) is 0 Å². The van der Waals surface area contributed by atoms with E-state index < -0.39 is 23.2 Å². The molecule has 1 unspecified atom stereocenters. The quantitative estimate of drug-likeness (QED) is 0.789. The summed E-state index contributed by atoms with van der Waals surface area (Å²) in [7, 11) is 0. The van der Waals surface area contributed by atoms with Crippen molar-refractivity contribution < 1.29 is 22.7 Å². The Hall–Kier alpha value is -1.59. The van der Waals surface area contributed by atoms with Crippen molar-refractivity contribution in [2.75, 3.05) is 0 Å². The van der Waals surface area contributed by atoms with Crippen molar-refractivity contribution in [3.63, 3.8) is 0 Å². The molecule has 1 N–H and O–H groups in total. The highest BCUT2D eigenvalue weighted by atomic mass is 35.5. The standard InChI is InChI=1S/C16H13ClF4O/c1-15(22,9-10-2-7-13(17)14(18)8-10)11-3-5-12(6-4-11)16(19,20)21/h2-8,22H,9H2,1H3. The number of hydrogen-bond donors (Lipinski definition) is 1. The summed E-state index contributed by atoms with van der Waals surface area (Å²) >= 11 is 5.58. The van der Waals surface area contributed by atoms with Crippen LogP contribution in [0, 0.1) is 5.82 Å². The number of aliphatic hydroxyl groups is 1. The number of halogens is 5. The van der Waals surface area contributed by atoms with E-state index in [9.17, 15) is 22.7 Å². The fourth-order valence-corrected chi connectivity index (χ4v) is 2.28. The topological polar surface area (TPSA) is 20.2 Å². The lowest BCUT2D eigenvalue weighted by atomic mass is 9.88. The molecule has 22 heavy (non-hydrogen) atoms. The largest absolute Gasteiger partial charge is 0.416 e. The molecule has 0 bridgehead atoms. The van der Waals surface area contributed by atoms with Gasteiger partial charge in [0.05, 0.1) is 16.2 Å². The maximum absolute atomic E-state index is 13.4. The number of benzene rings is 2. The third-order valence-electron chi connectivity index (χ3n) is 3.37. The summed E-state index contributed by atoms with van der Waals surface area (Å²) in [5.74, 6) is -0.609. The van der Waals surface area contributed by atoms with Gasteiger partial charge in [0, 0.05) is 6.42 Å². The fraction of sp³-hybridized carbons (Fsp3) is 0.250. The first-order valence-corrected chi connectivity index (χ1v) is 6.81. The Morgan fingerprint density at radius 3 is 2.05 bits per heavy atom. The Morgan fingerprint density at radius 1 is 1.00 bits per heavy atom. The van der Waals surface area contributed by atoms with Crippen LogP contribution in [0.4, 0.5) is 17.6 Å². The van der Waals surface area contributed by atoms with E-state index in [2.05, 4.69) is 0 Å². The second kappa shape index (κ2) is 5.89. The van der Waals surface area contributed by atoms with Gasteiger partial charge in [0.15, 0.2) is 0 Å². The molecule has 0 radical (unpaired) electrons. The van der Waals surface area contributed by atoms with Gasteiger partial charge in [-0.05, 0) is 42.3 Å². The van der Waals surface area contributed by atoms with Crippen LogP contribution in [-0.4, -0.2) is 5.11 Å². The third-order valence-corrected chi connectivity index (χ3v) is 3.67.